The van der Waals surface area contributed by atoms with Crippen LogP contribution < -0.4 is 5.32 Å². The fraction of sp³-hybridized carbons (Fsp3) is 0.600. The number of benzene rings is 1. The second kappa shape index (κ2) is 6.64. The van der Waals surface area contributed by atoms with Gasteiger partial charge in [-0.15, -0.1) is 0 Å². The van der Waals surface area contributed by atoms with Crippen LogP contribution in [0, 0.1) is 36.5 Å². The van der Waals surface area contributed by atoms with Crippen molar-refractivity contribution in [2.75, 3.05) is 11.9 Å². The van der Waals surface area contributed by atoms with Crippen LogP contribution in [0.15, 0.2) is 18.2 Å². The molecule has 134 valence electrons. The largest absolute Gasteiger partial charge is 0.455 e. The average molecular weight is 362 g/mol. The van der Waals surface area contributed by atoms with Gasteiger partial charge >= 0.3 is 5.97 Å². The first kappa shape index (κ1) is 16.9. The van der Waals surface area contributed by atoms with Gasteiger partial charge in [0, 0.05) is 10.7 Å². The van der Waals surface area contributed by atoms with Crippen molar-refractivity contribution in [1.29, 1.82) is 0 Å². The van der Waals surface area contributed by atoms with Crippen LogP contribution in [0.25, 0.3) is 0 Å². The number of halogens is 1. The molecule has 4 bridgehead atoms. The highest BCUT2D eigenvalue weighted by Gasteiger charge is 2.51. The minimum atomic E-state index is -0.317. The molecule has 4 fully saturated rings. The lowest BCUT2D eigenvalue weighted by molar-refractivity contribution is -0.164. The van der Waals surface area contributed by atoms with E-state index in [1.165, 1.54) is 32.1 Å². The highest BCUT2D eigenvalue weighted by atomic mass is 35.5. The first-order valence-electron chi connectivity index (χ1n) is 9.22. The molecule has 0 heterocycles. The van der Waals surface area contributed by atoms with Crippen LogP contribution in [0.2, 0.25) is 5.02 Å². The number of amides is 1. The van der Waals surface area contributed by atoms with Crippen molar-refractivity contribution in [3.63, 3.8) is 0 Å². The predicted molar refractivity (Wildman–Crippen MR) is 96.3 cm³/mol. The SMILES string of the molecule is Cc1ccc(Cl)cc1NC(=O)COC(=O)C1C2CC3CC(C2)CC1C3. The summed E-state index contributed by atoms with van der Waals surface area (Å²) in [5, 5.41) is 3.33. The number of ether oxygens (including phenoxy) is 1. The van der Waals surface area contributed by atoms with E-state index in [4.69, 9.17) is 16.3 Å². The number of rotatable bonds is 4. The van der Waals surface area contributed by atoms with E-state index in [0.29, 0.717) is 22.5 Å². The van der Waals surface area contributed by atoms with Gasteiger partial charge in [0.05, 0.1) is 5.92 Å². The third kappa shape index (κ3) is 3.41. The summed E-state index contributed by atoms with van der Waals surface area (Å²) in [6.45, 7) is 1.67. The number of anilines is 1. The van der Waals surface area contributed by atoms with Crippen molar-refractivity contribution < 1.29 is 14.3 Å². The average Bonchev–Trinajstić information content (AvgIpc) is 2.55. The molecule has 5 heteroatoms. The highest BCUT2D eigenvalue weighted by Crippen LogP contribution is 2.56. The Hall–Kier alpha value is -1.55. The molecule has 0 aromatic heterocycles. The third-order valence-corrected chi connectivity index (χ3v) is 6.55. The van der Waals surface area contributed by atoms with Gasteiger partial charge < -0.3 is 10.1 Å². The molecule has 25 heavy (non-hydrogen) atoms. The molecule has 0 aliphatic heterocycles. The van der Waals surface area contributed by atoms with Crippen molar-refractivity contribution >= 4 is 29.2 Å². The molecule has 1 N–H and O–H groups in total. The summed E-state index contributed by atoms with van der Waals surface area (Å²) in [6, 6.07) is 5.33. The van der Waals surface area contributed by atoms with E-state index in [1.54, 1.807) is 12.1 Å². The van der Waals surface area contributed by atoms with Crippen molar-refractivity contribution in [3.8, 4) is 0 Å². The second-order valence-electron chi connectivity index (χ2n) is 8.07. The molecule has 4 nitrogen and oxygen atoms in total. The molecular weight excluding hydrogens is 338 g/mol. The molecular formula is C20H24ClNO3. The Kier molecular flexibility index (Phi) is 4.48. The number of carbonyl (C=O) groups is 2. The van der Waals surface area contributed by atoms with E-state index in [-0.39, 0.29) is 24.4 Å². The normalized spacial score (nSPS) is 32.5. The van der Waals surface area contributed by atoms with Gasteiger partial charge in [0.2, 0.25) is 0 Å². The molecule has 0 unspecified atom stereocenters. The lowest BCUT2D eigenvalue weighted by atomic mass is 9.52. The van der Waals surface area contributed by atoms with Crippen molar-refractivity contribution in [2.45, 2.75) is 39.0 Å². The van der Waals surface area contributed by atoms with Crippen molar-refractivity contribution in [1.82, 2.24) is 0 Å². The lowest BCUT2D eigenvalue weighted by Crippen LogP contribution is -2.48. The molecule has 5 rings (SSSR count). The fourth-order valence-corrected chi connectivity index (χ4v) is 5.63. The van der Waals surface area contributed by atoms with Crippen LogP contribution in [-0.2, 0) is 14.3 Å². The Morgan fingerprint density at radius 3 is 2.40 bits per heavy atom. The quantitative estimate of drug-likeness (QED) is 0.817. The number of hydrogen-bond acceptors (Lipinski definition) is 3. The number of nitrogens with one attached hydrogen (secondary N) is 1. The summed E-state index contributed by atoms with van der Waals surface area (Å²) < 4.78 is 5.39. The van der Waals surface area contributed by atoms with Crippen LogP contribution in [0.1, 0.15) is 37.7 Å². The molecule has 0 atom stereocenters. The van der Waals surface area contributed by atoms with Gasteiger partial charge in [-0.2, -0.15) is 0 Å². The van der Waals surface area contributed by atoms with Crippen LogP contribution in [0.5, 0.6) is 0 Å². The van der Waals surface area contributed by atoms with Crippen LogP contribution in [0.4, 0.5) is 5.69 Å². The van der Waals surface area contributed by atoms with Crippen molar-refractivity contribution in [2.24, 2.45) is 29.6 Å². The molecule has 4 aliphatic rings. The standard InChI is InChI=1S/C20H24ClNO3/c1-11-2-3-16(21)9-17(11)22-18(23)10-25-20(24)19-14-5-12-4-13(7-14)8-15(19)6-12/h2-3,9,12-15,19H,4-8,10H2,1H3,(H,22,23). The Bertz CT molecular complexity index is 674. The Balaban J connectivity index is 1.33. The van der Waals surface area contributed by atoms with E-state index in [0.717, 1.165) is 17.4 Å². The van der Waals surface area contributed by atoms with E-state index < -0.39 is 0 Å². The van der Waals surface area contributed by atoms with Gasteiger partial charge in [-0.05, 0) is 80.4 Å². The van der Waals surface area contributed by atoms with Gasteiger partial charge in [-0.1, -0.05) is 17.7 Å². The van der Waals surface area contributed by atoms with Crippen molar-refractivity contribution in [3.05, 3.63) is 28.8 Å². The summed E-state index contributed by atoms with van der Waals surface area (Å²) in [5.74, 6) is 2.10. The molecule has 1 aromatic carbocycles. The topological polar surface area (TPSA) is 55.4 Å². The predicted octanol–water partition coefficient (Wildman–Crippen LogP) is 4.20. The Morgan fingerprint density at radius 2 is 1.76 bits per heavy atom. The van der Waals surface area contributed by atoms with Gasteiger partial charge in [-0.25, -0.2) is 0 Å². The zero-order valence-corrected chi connectivity index (χ0v) is 15.2. The van der Waals surface area contributed by atoms with E-state index >= 15 is 0 Å². The minimum Gasteiger partial charge on any atom is -0.455 e. The molecule has 1 amide bonds. The maximum atomic E-state index is 12.6. The van der Waals surface area contributed by atoms with E-state index in [9.17, 15) is 9.59 Å². The summed E-state index contributed by atoms with van der Waals surface area (Å²) in [6.07, 6.45) is 6.03. The minimum absolute atomic E-state index is 0.00788. The molecule has 4 saturated carbocycles. The van der Waals surface area contributed by atoms with Gasteiger partial charge in [-0.3, -0.25) is 9.59 Å². The molecule has 4 aliphatic carbocycles. The fourth-order valence-electron chi connectivity index (χ4n) is 5.46. The summed E-state index contributed by atoms with van der Waals surface area (Å²) >= 11 is 5.96. The van der Waals surface area contributed by atoms with Gasteiger partial charge in [0.25, 0.3) is 5.91 Å². The summed E-state index contributed by atoms with van der Waals surface area (Å²) in [5.41, 5.74) is 1.58. The number of carbonyl (C=O) groups excluding carboxylic acids is 2. The zero-order valence-electron chi connectivity index (χ0n) is 14.5. The Morgan fingerprint density at radius 1 is 1.12 bits per heavy atom. The molecule has 0 spiro atoms. The molecule has 1 aromatic rings. The number of aryl methyl sites for hydroxylation is 1. The third-order valence-electron chi connectivity index (χ3n) is 6.32. The summed E-state index contributed by atoms with van der Waals surface area (Å²) in [4.78, 5) is 24.7. The van der Waals surface area contributed by atoms with Gasteiger partial charge in [0.1, 0.15) is 0 Å². The molecule has 0 radical (unpaired) electrons. The highest BCUT2D eigenvalue weighted by molar-refractivity contribution is 6.31. The van der Waals surface area contributed by atoms with Crippen LogP contribution >= 0.6 is 11.6 Å². The molecule has 0 saturated heterocycles. The maximum absolute atomic E-state index is 12.6. The number of esters is 1. The monoisotopic (exact) mass is 361 g/mol. The zero-order chi connectivity index (χ0) is 17.6. The first-order valence-corrected chi connectivity index (χ1v) is 9.60. The van der Waals surface area contributed by atoms with Crippen LogP contribution in [-0.4, -0.2) is 18.5 Å². The first-order chi connectivity index (χ1) is 12.0. The smallest absolute Gasteiger partial charge is 0.310 e. The maximum Gasteiger partial charge on any atom is 0.310 e. The van der Waals surface area contributed by atoms with E-state index in [2.05, 4.69) is 5.32 Å². The van der Waals surface area contributed by atoms with Gasteiger partial charge in [0.15, 0.2) is 6.61 Å². The summed E-state index contributed by atoms with van der Waals surface area (Å²) in [7, 11) is 0. The second-order valence-corrected chi connectivity index (χ2v) is 8.51. The van der Waals surface area contributed by atoms with Crippen LogP contribution in [0.3, 0.4) is 0 Å². The lowest BCUT2D eigenvalue weighted by Gasteiger charge is -2.53. The van der Waals surface area contributed by atoms with E-state index in [1.807, 2.05) is 13.0 Å². The Labute approximate surface area is 153 Å². The number of hydrogen-bond donors (Lipinski definition) is 1.